The molecule has 1 aromatic rings. The number of ether oxygens (including phenoxy) is 1. The summed E-state index contributed by atoms with van der Waals surface area (Å²) in [4.78, 5) is 2.41. The second-order valence-corrected chi connectivity index (χ2v) is 5.66. The van der Waals surface area contributed by atoms with Crippen LogP contribution in [0.4, 0.5) is 0 Å². The van der Waals surface area contributed by atoms with Gasteiger partial charge in [-0.2, -0.15) is 0 Å². The second-order valence-electron chi connectivity index (χ2n) is 5.66. The predicted molar refractivity (Wildman–Crippen MR) is 79.8 cm³/mol. The Morgan fingerprint density at radius 2 is 2.00 bits per heavy atom. The normalized spacial score (nSPS) is 19.3. The number of nitrogens with zero attached hydrogens (tertiary/aromatic N) is 1. The lowest BCUT2D eigenvalue weighted by Crippen LogP contribution is -2.44. The van der Waals surface area contributed by atoms with Crippen molar-refractivity contribution in [2.45, 2.75) is 38.3 Å². The van der Waals surface area contributed by atoms with Gasteiger partial charge in [-0.25, -0.2) is 0 Å². The van der Waals surface area contributed by atoms with Crippen molar-refractivity contribution in [3.8, 4) is 5.75 Å². The molecule has 106 valence electrons. The lowest BCUT2D eigenvalue weighted by Gasteiger charge is -2.31. The van der Waals surface area contributed by atoms with E-state index in [1.807, 2.05) is 12.1 Å². The van der Waals surface area contributed by atoms with Crippen molar-refractivity contribution < 1.29 is 4.74 Å². The van der Waals surface area contributed by atoms with Crippen LogP contribution < -0.4 is 10.1 Å². The average molecular weight is 262 g/mol. The van der Waals surface area contributed by atoms with E-state index >= 15 is 0 Å². The molecule has 1 heterocycles. The summed E-state index contributed by atoms with van der Waals surface area (Å²) in [6.07, 6.45) is 3.54. The zero-order valence-corrected chi connectivity index (χ0v) is 12.4. The van der Waals surface area contributed by atoms with Gasteiger partial charge in [0, 0.05) is 12.1 Å². The zero-order valence-electron chi connectivity index (χ0n) is 12.4. The molecule has 19 heavy (non-hydrogen) atoms. The van der Waals surface area contributed by atoms with Gasteiger partial charge in [-0.05, 0) is 58.0 Å². The monoisotopic (exact) mass is 262 g/mol. The van der Waals surface area contributed by atoms with Crippen LogP contribution in [0.1, 0.15) is 25.3 Å². The number of rotatable bonds is 5. The molecule has 3 nitrogen and oxygen atoms in total. The van der Waals surface area contributed by atoms with E-state index in [9.17, 15) is 0 Å². The molecule has 0 aromatic heterocycles. The number of piperidine rings is 1. The first-order valence-electron chi connectivity index (χ1n) is 7.25. The summed E-state index contributed by atoms with van der Waals surface area (Å²) in [5.41, 5.74) is 1.29. The van der Waals surface area contributed by atoms with Gasteiger partial charge in [-0.15, -0.1) is 0 Å². The first-order chi connectivity index (χ1) is 9.19. The summed E-state index contributed by atoms with van der Waals surface area (Å²) in [6.45, 7) is 4.68. The van der Waals surface area contributed by atoms with Gasteiger partial charge in [-0.3, -0.25) is 0 Å². The zero-order chi connectivity index (χ0) is 13.7. The van der Waals surface area contributed by atoms with Crippen molar-refractivity contribution in [3.63, 3.8) is 0 Å². The molecule has 1 saturated heterocycles. The lowest BCUT2D eigenvalue weighted by atomic mass is 10.0. The Balaban J connectivity index is 1.85. The molecule has 0 bridgehead atoms. The number of hydrogen-bond donors (Lipinski definition) is 1. The van der Waals surface area contributed by atoms with Crippen LogP contribution in [0.3, 0.4) is 0 Å². The fourth-order valence-electron chi connectivity index (χ4n) is 2.84. The summed E-state index contributed by atoms with van der Waals surface area (Å²) in [5.74, 6) is 1.000. The van der Waals surface area contributed by atoms with E-state index in [1.165, 1.54) is 31.5 Å². The molecule has 1 atom stereocenters. The topological polar surface area (TPSA) is 24.5 Å². The Kier molecular flexibility index (Phi) is 5.23. The predicted octanol–water partition coefficient (Wildman–Crippen LogP) is 2.31. The summed E-state index contributed by atoms with van der Waals surface area (Å²) in [7, 11) is 3.95. The van der Waals surface area contributed by atoms with Crippen molar-refractivity contribution in [2.75, 3.05) is 27.2 Å². The molecular formula is C16H26N2O. The second kappa shape index (κ2) is 6.92. The highest BCUT2D eigenvalue weighted by atomic mass is 16.5. The lowest BCUT2D eigenvalue weighted by molar-refractivity contribution is 0.226. The summed E-state index contributed by atoms with van der Waals surface area (Å²) in [6, 6.07) is 9.46. The minimum atomic E-state index is 0.490. The molecule has 1 aromatic carbocycles. The Morgan fingerprint density at radius 1 is 1.32 bits per heavy atom. The van der Waals surface area contributed by atoms with Gasteiger partial charge in [0.15, 0.2) is 0 Å². The van der Waals surface area contributed by atoms with Crippen LogP contribution >= 0.6 is 0 Å². The van der Waals surface area contributed by atoms with Crippen molar-refractivity contribution in [3.05, 3.63) is 29.8 Å². The minimum Gasteiger partial charge on any atom is -0.496 e. The SMILES string of the molecule is COc1ccccc1CC(C)NC1CCN(C)CC1. The molecule has 0 spiro atoms. The Hall–Kier alpha value is -1.06. The van der Waals surface area contributed by atoms with Gasteiger partial charge < -0.3 is 15.0 Å². The Bertz CT molecular complexity index is 386. The molecule has 1 N–H and O–H groups in total. The molecule has 1 unspecified atom stereocenters. The summed E-state index contributed by atoms with van der Waals surface area (Å²) in [5, 5.41) is 3.76. The van der Waals surface area contributed by atoms with E-state index in [-0.39, 0.29) is 0 Å². The van der Waals surface area contributed by atoms with Crippen molar-refractivity contribution >= 4 is 0 Å². The van der Waals surface area contributed by atoms with E-state index in [1.54, 1.807) is 7.11 Å². The largest absolute Gasteiger partial charge is 0.496 e. The van der Waals surface area contributed by atoms with Crippen LogP contribution in [0, 0.1) is 0 Å². The van der Waals surface area contributed by atoms with Gasteiger partial charge in [0.1, 0.15) is 5.75 Å². The van der Waals surface area contributed by atoms with E-state index in [4.69, 9.17) is 4.74 Å². The fraction of sp³-hybridized carbons (Fsp3) is 0.625. The van der Waals surface area contributed by atoms with Crippen LogP contribution in [0.25, 0.3) is 0 Å². The van der Waals surface area contributed by atoms with Gasteiger partial charge in [0.2, 0.25) is 0 Å². The molecule has 0 radical (unpaired) electrons. The smallest absolute Gasteiger partial charge is 0.122 e. The maximum atomic E-state index is 5.42. The third-order valence-electron chi connectivity index (χ3n) is 3.96. The maximum absolute atomic E-state index is 5.42. The number of hydrogen-bond acceptors (Lipinski definition) is 3. The van der Waals surface area contributed by atoms with E-state index in [0.29, 0.717) is 12.1 Å². The highest BCUT2D eigenvalue weighted by Crippen LogP contribution is 2.19. The first-order valence-corrected chi connectivity index (χ1v) is 7.25. The number of benzene rings is 1. The van der Waals surface area contributed by atoms with E-state index in [2.05, 4.69) is 36.3 Å². The van der Waals surface area contributed by atoms with E-state index < -0.39 is 0 Å². The molecule has 1 aliphatic heterocycles. The van der Waals surface area contributed by atoms with Crippen molar-refractivity contribution in [1.82, 2.24) is 10.2 Å². The minimum absolute atomic E-state index is 0.490. The average Bonchev–Trinajstić information content (AvgIpc) is 2.42. The molecule has 1 fully saturated rings. The van der Waals surface area contributed by atoms with Crippen molar-refractivity contribution in [1.29, 1.82) is 0 Å². The standard InChI is InChI=1S/C16H26N2O/c1-13(17-15-8-10-18(2)11-9-15)12-14-6-4-5-7-16(14)19-3/h4-7,13,15,17H,8-12H2,1-3H3. The quantitative estimate of drug-likeness (QED) is 0.881. The summed E-state index contributed by atoms with van der Waals surface area (Å²) >= 11 is 0. The van der Waals surface area contributed by atoms with E-state index in [0.717, 1.165) is 12.2 Å². The number of methoxy groups -OCH3 is 1. The van der Waals surface area contributed by atoms with Crippen LogP contribution in [-0.2, 0) is 6.42 Å². The molecule has 0 amide bonds. The molecule has 0 saturated carbocycles. The van der Waals surface area contributed by atoms with Crippen molar-refractivity contribution in [2.24, 2.45) is 0 Å². The van der Waals surface area contributed by atoms with Crippen LogP contribution in [-0.4, -0.2) is 44.2 Å². The Labute approximate surface area is 116 Å². The Morgan fingerprint density at radius 3 is 2.68 bits per heavy atom. The number of likely N-dealkylation sites (tertiary alicyclic amines) is 1. The van der Waals surface area contributed by atoms with Crippen LogP contribution in [0.5, 0.6) is 5.75 Å². The number of nitrogens with one attached hydrogen (secondary N) is 1. The molecular weight excluding hydrogens is 236 g/mol. The molecule has 1 aliphatic rings. The molecule has 0 aliphatic carbocycles. The van der Waals surface area contributed by atoms with Gasteiger partial charge in [0.05, 0.1) is 7.11 Å². The third-order valence-corrected chi connectivity index (χ3v) is 3.96. The van der Waals surface area contributed by atoms with Gasteiger partial charge in [0.25, 0.3) is 0 Å². The van der Waals surface area contributed by atoms with Crippen LogP contribution in [0.15, 0.2) is 24.3 Å². The first kappa shape index (κ1) is 14.4. The van der Waals surface area contributed by atoms with Gasteiger partial charge in [-0.1, -0.05) is 18.2 Å². The maximum Gasteiger partial charge on any atom is 0.122 e. The molecule has 2 rings (SSSR count). The fourth-order valence-corrected chi connectivity index (χ4v) is 2.84. The highest BCUT2D eigenvalue weighted by molar-refractivity contribution is 5.33. The van der Waals surface area contributed by atoms with Crippen LogP contribution in [0.2, 0.25) is 0 Å². The summed E-state index contributed by atoms with van der Waals surface area (Å²) < 4.78 is 5.42. The molecule has 3 heteroatoms. The number of para-hydroxylation sites is 1. The third kappa shape index (κ3) is 4.22. The van der Waals surface area contributed by atoms with Gasteiger partial charge >= 0.3 is 0 Å². The highest BCUT2D eigenvalue weighted by Gasteiger charge is 2.18.